The molecule has 23 heavy (non-hydrogen) atoms. The van der Waals surface area contributed by atoms with Crippen LogP contribution in [-0.2, 0) is 4.79 Å². The van der Waals surface area contributed by atoms with E-state index in [0.717, 1.165) is 6.42 Å². The lowest BCUT2D eigenvalue weighted by Crippen LogP contribution is -2.26. The average Bonchev–Trinajstić information content (AvgIpc) is 3.04. The highest BCUT2D eigenvalue weighted by Crippen LogP contribution is 2.22. The number of amides is 1. The number of carbonyl (C=O) groups excluding carboxylic acids is 1. The molecule has 0 aliphatic heterocycles. The highest BCUT2D eigenvalue weighted by molar-refractivity contribution is 5.94. The Morgan fingerprint density at radius 1 is 1.26 bits per heavy atom. The summed E-state index contributed by atoms with van der Waals surface area (Å²) in [5.74, 6) is -0.973. The van der Waals surface area contributed by atoms with Crippen molar-refractivity contribution in [3.05, 3.63) is 42.2 Å². The maximum Gasteiger partial charge on any atom is 0.356 e. The first-order valence-electron chi connectivity index (χ1n) is 7.63. The van der Waals surface area contributed by atoms with E-state index in [0.29, 0.717) is 11.4 Å². The van der Waals surface area contributed by atoms with Gasteiger partial charge in [0.05, 0.1) is 11.4 Å². The van der Waals surface area contributed by atoms with Crippen molar-refractivity contribution in [1.82, 2.24) is 9.78 Å². The van der Waals surface area contributed by atoms with Crippen molar-refractivity contribution < 1.29 is 14.7 Å². The fraction of sp³-hybridized carbons (Fsp3) is 0.353. The number of nitrogens with one attached hydrogen (secondary N) is 1. The minimum atomic E-state index is -1.09. The molecule has 0 spiro atoms. The lowest BCUT2D eigenvalue weighted by atomic mass is 9.93. The topological polar surface area (TPSA) is 84.2 Å². The van der Waals surface area contributed by atoms with E-state index in [1.54, 1.807) is 18.3 Å². The first-order chi connectivity index (χ1) is 10.9. The van der Waals surface area contributed by atoms with E-state index in [9.17, 15) is 9.59 Å². The number of carbonyl (C=O) groups is 2. The van der Waals surface area contributed by atoms with Crippen molar-refractivity contribution >= 4 is 17.6 Å². The van der Waals surface area contributed by atoms with Gasteiger partial charge in [-0.05, 0) is 24.1 Å². The molecule has 6 nitrogen and oxygen atoms in total. The third-order valence-corrected chi connectivity index (χ3v) is 4.13. The molecule has 1 heterocycles. The summed E-state index contributed by atoms with van der Waals surface area (Å²) in [6.07, 6.45) is 2.49. The second kappa shape index (κ2) is 7.09. The lowest BCUT2D eigenvalue weighted by Gasteiger charge is -2.19. The van der Waals surface area contributed by atoms with Crippen molar-refractivity contribution in [1.29, 1.82) is 0 Å². The Morgan fingerprint density at radius 3 is 2.57 bits per heavy atom. The third kappa shape index (κ3) is 3.77. The van der Waals surface area contributed by atoms with Gasteiger partial charge in [-0.3, -0.25) is 4.79 Å². The lowest BCUT2D eigenvalue weighted by molar-refractivity contribution is -0.120. The van der Waals surface area contributed by atoms with Crippen LogP contribution in [0.4, 0.5) is 5.69 Å². The molecule has 0 aliphatic carbocycles. The van der Waals surface area contributed by atoms with Crippen molar-refractivity contribution in [2.24, 2.45) is 11.8 Å². The SMILES string of the molecule is CCC(C)C(C)C(=O)Nc1ccccc1-n1ccc(C(=O)O)n1. The zero-order valence-electron chi connectivity index (χ0n) is 13.5. The number of hydrogen-bond donors (Lipinski definition) is 2. The number of aromatic nitrogens is 2. The molecule has 0 saturated carbocycles. The zero-order valence-corrected chi connectivity index (χ0v) is 13.5. The van der Waals surface area contributed by atoms with E-state index >= 15 is 0 Å². The molecule has 0 radical (unpaired) electrons. The van der Waals surface area contributed by atoms with Crippen LogP contribution in [0.15, 0.2) is 36.5 Å². The summed E-state index contributed by atoms with van der Waals surface area (Å²) in [5, 5.41) is 15.9. The van der Waals surface area contributed by atoms with Gasteiger partial charge in [-0.1, -0.05) is 39.3 Å². The molecule has 0 fully saturated rings. The Kier molecular flexibility index (Phi) is 5.16. The zero-order chi connectivity index (χ0) is 17.0. The maximum absolute atomic E-state index is 12.4. The van der Waals surface area contributed by atoms with E-state index in [2.05, 4.69) is 17.3 Å². The van der Waals surface area contributed by atoms with Gasteiger partial charge in [0.2, 0.25) is 5.91 Å². The Morgan fingerprint density at radius 2 is 1.96 bits per heavy atom. The number of hydrogen-bond acceptors (Lipinski definition) is 3. The van der Waals surface area contributed by atoms with Crippen LogP contribution in [0, 0.1) is 11.8 Å². The van der Waals surface area contributed by atoms with Gasteiger partial charge in [-0.2, -0.15) is 5.10 Å². The van der Waals surface area contributed by atoms with Gasteiger partial charge in [-0.15, -0.1) is 0 Å². The van der Waals surface area contributed by atoms with Crippen LogP contribution < -0.4 is 5.32 Å². The van der Waals surface area contributed by atoms with Crippen LogP contribution in [0.1, 0.15) is 37.7 Å². The maximum atomic E-state index is 12.4. The molecule has 2 rings (SSSR count). The smallest absolute Gasteiger partial charge is 0.356 e. The minimum absolute atomic E-state index is 0.0425. The fourth-order valence-electron chi connectivity index (χ4n) is 2.21. The summed E-state index contributed by atoms with van der Waals surface area (Å²) < 4.78 is 1.45. The normalized spacial score (nSPS) is 13.3. The van der Waals surface area contributed by atoms with Gasteiger partial charge in [0, 0.05) is 12.1 Å². The van der Waals surface area contributed by atoms with Gasteiger partial charge in [0.1, 0.15) is 0 Å². The molecule has 6 heteroatoms. The molecule has 2 aromatic rings. The van der Waals surface area contributed by atoms with Crippen molar-refractivity contribution in [3.63, 3.8) is 0 Å². The Bertz CT molecular complexity index is 709. The molecule has 0 bridgehead atoms. The number of anilines is 1. The molecule has 122 valence electrons. The van der Waals surface area contributed by atoms with Crippen LogP contribution in [-0.4, -0.2) is 26.8 Å². The van der Waals surface area contributed by atoms with Crippen LogP contribution in [0.5, 0.6) is 0 Å². The number of carboxylic acids is 1. The number of para-hydroxylation sites is 2. The predicted molar refractivity (Wildman–Crippen MR) is 87.8 cm³/mol. The first kappa shape index (κ1) is 16.7. The van der Waals surface area contributed by atoms with E-state index in [1.165, 1.54) is 10.7 Å². The molecule has 1 aromatic heterocycles. The standard InChI is InChI=1S/C17H21N3O3/c1-4-11(2)12(3)16(21)18-13-7-5-6-8-15(13)20-10-9-14(19-20)17(22)23/h5-12H,4H2,1-3H3,(H,18,21)(H,22,23). The highest BCUT2D eigenvalue weighted by Gasteiger charge is 2.20. The second-order valence-electron chi connectivity index (χ2n) is 5.63. The second-order valence-corrected chi connectivity index (χ2v) is 5.63. The summed E-state index contributed by atoms with van der Waals surface area (Å²) in [4.78, 5) is 23.3. The van der Waals surface area contributed by atoms with Gasteiger partial charge < -0.3 is 10.4 Å². The molecule has 2 atom stereocenters. The first-order valence-corrected chi connectivity index (χ1v) is 7.63. The Balaban J connectivity index is 2.27. The fourth-order valence-corrected chi connectivity index (χ4v) is 2.21. The quantitative estimate of drug-likeness (QED) is 0.857. The minimum Gasteiger partial charge on any atom is -0.476 e. The number of carboxylic acid groups (broad SMARTS) is 1. The van der Waals surface area contributed by atoms with Crippen LogP contribution in [0.25, 0.3) is 5.69 Å². The molecule has 0 aliphatic rings. The number of rotatable bonds is 6. The van der Waals surface area contributed by atoms with Gasteiger partial charge in [0.15, 0.2) is 5.69 Å². The van der Waals surface area contributed by atoms with Crippen LogP contribution >= 0.6 is 0 Å². The Labute approximate surface area is 135 Å². The number of benzene rings is 1. The summed E-state index contributed by atoms with van der Waals surface area (Å²) in [7, 11) is 0. The molecule has 2 N–H and O–H groups in total. The highest BCUT2D eigenvalue weighted by atomic mass is 16.4. The largest absolute Gasteiger partial charge is 0.476 e. The van der Waals surface area contributed by atoms with Crippen molar-refractivity contribution in [3.8, 4) is 5.69 Å². The van der Waals surface area contributed by atoms with Gasteiger partial charge >= 0.3 is 5.97 Å². The summed E-state index contributed by atoms with van der Waals surface area (Å²) in [6.45, 7) is 6.00. The Hall–Kier alpha value is -2.63. The van der Waals surface area contributed by atoms with Crippen LogP contribution in [0.2, 0.25) is 0 Å². The molecule has 2 unspecified atom stereocenters. The molecule has 1 aromatic carbocycles. The molecular formula is C17H21N3O3. The summed E-state index contributed by atoms with van der Waals surface area (Å²) in [6, 6.07) is 8.60. The predicted octanol–water partition coefficient (Wildman–Crippen LogP) is 3.19. The number of nitrogens with zero attached hydrogens (tertiary/aromatic N) is 2. The monoisotopic (exact) mass is 315 g/mol. The average molecular weight is 315 g/mol. The van der Waals surface area contributed by atoms with Crippen molar-refractivity contribution in [2.75, 3.05) is 5.32 Å². The summed E-state index contributed by atoms with van der Waals surface area (Å²) in [5.41, 5.74) is 1.19. The van der Waals surface area contributed by atoms with E-state index in [4.69, 9.17) is 5.11 Å². The molecule has 0 saturated heterocycles. The third-order valence-electron chi connectivity index (χ3n) is 4.13. The van der Waals surface area contributed by atoms with E-state index in [1.807, 2.05) is 26.0 Å². The number of aromatic carboxylic acids is 1. The van der Waals surface area contributed by atoms with E-state index < -0.39 is 5.97 Å². The van der Waals surface area contributed by atoms with E-state index in [-0.39, 0.29) is 23.4 Å². The van der Waals surface area contributed by atoms with Gasteiger partial charge in [0.25, 0.3) is 0 Å². The van der Waals surface area contributed by atoms with Crippen molar-refractivity contribution in [2.45, 2.75) is 27.2 Å². The van der Waals surface area contributed by atoms with Crippen LogP contribution in [0.3, 0.4) is 0 Å². The van der Waals surface area contributed by atoms with Gasteiger partial charge in [-0.25, -0.2) is 9.48 Å². The molecule has 1 amide bonds. The molecular weight excluding hydrogens is 294 g/mol. The summed E-state index contributed by atoms with van der Waals surface area (Å²) >= 11 is 0.